The second-order valence-corrected chi connectivity index (χ2v) is 6.53. The van der Waals surface area contributed by atoms with Gasteiger partial charge in [-0.25, -0.2) is 26.4 Å². The Hall–Kier alpha value is -1.61. The van der Waals surface area contributed by atoms with Crippen LogP contribution >= 0.6 is 0 Å². The fourth-order valence-electron chi connectivity index (χ4n) is 2.41. The number of benzene rings is 1. The highest BCUT2D eigenvalue weighted by molar-refractivity contribution is 7.89. The molecular weight excluding hydrogens is 311 g/mol. The van der Waals surface area contributed by atoms with Gasteiger partial charge in [0.1, 0.15) is 5.82 Å². The zero-order chi connectivity index (χ0) is 15.8. The molecule has 9 heteroatoms. The summed E-state index contributed by atoms with van der Waals surface area (Å²) in [6.45, 7) is -0.323. The first-order valence-corrected chi connectivity index (χ1v) is 7.47. The maximum Gasteiger partial charge on any atom is 0.331 e. The molecular formula is C12H12F3NO4S. The first-order chi connectivity index (χ1) is 9.72. The zero-order valence-corrected chi connectivity index (χ0v) is 11.5. The highest BCUT2D eigenvalue weighted by Crippen LogP contribution is 2.39. The molecule has 1 unspecified atom stereocenters. The van der Waals surface area contributed by atoms with Crippen molar-refractivity contribution in [3.63, 3.8) is 0 Å². The Morgan fingerprint density at radius 1 is 1.29 bits per heavy atom. The standard InChI is InChI=1S/C12H12F3NO4S/c13-8-2-4-9(5-3-8)21(19,20)16-7-1-6-12(16,10(14)15)11(17)18/h2-5,10H,1,6-7H2,(H,17,18). The summed E-state index contributed by atoms with van der Waals surface area (Å²) in [6.07, 6.45) is -3.83. The van der Waals surface area contributed by atoms with E-state index in [1.54, 1.807) is 0 Å². The summed E-state index contributed by atoms with van der Waals surface area (Å²) >= 11 is 0. The van der Waals surface area contributed by atoms with Crippen LogP contribution < -0.4 is 0 Å². The van der Waals surface area contributed by atoms with Gasteiger partial charge < -0.3 is 5.11 Å². The highest BCUT2D eigenvalue weighted by Gasteiger charge is 2.59. The van der Waals surface area contributed by atoms with E-state index in [4.69, 9.17) is 5.11 Å². The van der Waals surface area contributed by atoms with E-state index in [1.807, 2.05) is 0 Å². The molecule has 1 atom stereocenters. The molecule has 0 amide bonds. The lowest BCUT2D eigenvalue weighted by atomic mass is 9.99. The van der Waals surface area contributed by atoms with Crippen molar-refractivity contribution < 1.29 is 31.5 Å². The van der Waals surface area contributed by atoms with E-state index in [-0.39, 0.29) is 13.0 Å². The number of halogens is 3. The van der Waals surface area contributed by atoms with Gasteiger partial charge in [0.25, 0.3) is 6.43 Å². The second-order valence-electron chi connectivity index (χ2n) is 4.66. The normalized spacial score (nSPS) is 23.6. The van der Waals surface area contributed by atoms with E-state index in [1.165, 1.54) is 0 Å². The molecule has 1 saturated heterocycles. The van der Waals surface area contributed by atoms with Crippen LogP contribution in [0.1, 0.15) is 12.8 Å². The minimum atomic E-state index is -4.45. The maximum atomic E-state index is 13.3. The average molecular weight is 323 g/mol. The van der Waals surface area contributed by atoms with Gasteiger partial charge >= 0.3 is 5.97 Å². The van der Waals surface area contributed by atoms with E-state index >= 15 is 0 Å². The average Bonchev–Trinajstić information content (AvgIpc) is 2.85. The number of carboxylic acid groups (broad SMARTS) is 1. The molecule has 116 valence electrons. The van der Waals surface area contributed by atoms with Gasteiger partial charge in [-0.05, 0) is 37.1 Å². The lowest BCUT2D eigenvalue weighted by molar-refractivity contribution is -0.155. The summed E-state index contributed by atoms with van der Waals surface area (Å²) in [7, 11) is -4.45. The van der Waals surface area contributed by atoms with E-state index in [0.717, 1.165) is 24.3 Å². The summed E-state index contributed by atoms with van der Waals surface area (Å²) in [5.41, 5.74) is -2.77. The third kappa shape index (κ3) is 2.40. The summed E-state index contributed by atoms with van der Waals surface area (Å²) in [6, 6.07) is 3.57. The maximum absolute atomic E-state index is 13.3. The number of hydrogen-bond acceptors (Lipinski definition) is 3. The number of sulfonamides is 1. The van der Waals surface area contributed by atoms with Gasteiger partial charge in [-0.3, -0.25) is 0 Å². The number of carbonyl (C=O) groups is 1. The van der Waals surface area contributed by atoms with Crippen molar-refractivity contribution >= 4 is 16.0 Å². The van der Waals surface area contributed by atoms with Gasteiger partial charge in [0.15, 0.2) is 5.54 Å². The number of nitrogens with zero attached hydrogens (tertiary/aromatic N) is 1. The highest BCUT2D eigenvalue weighted by atomic mass is 32.2. The third-order valence-electron chi connectivity index (χ3n) is 3.50. The third-order valence-corrected chi connectivity index (χ3v) is 5.45. The van der Waals surface area contributed by atoms with Crippen LogP contribution in [0, 0.1) is 5.82 Å². The van der Waals surface area contributed by atoms with Crippen LogP contribution in [0.5, 0.6) is 0 Å². The van der Waals surface area contributed by atoms with Crippen LogP contribution in [0.25, 0.3) is 0 Å². The molecule has 0 bridgehead atoms. The Balaban J connectivity index is 2.52. The van der Waals surface area contributed by atoms with Gasteiger partial charge in [0.2, 0.25) is 10.0 Å². The molecule has 5 nitrogen and oxygen atoms in total. The smallest absolute Gasteiger partial charge is 0.331 e. The molecule has 1 fully saturated rings. The van der Waals surface area contributed by atoms with Crippen LogP contribution in [-0.2, 0) is 14.8 Å². The fraction of sp³-hybridized carbons (Fsp3) is 0.417. The van der Waals surface area contributed by atoms with Crippen LogP contribution in [0.3, 0.4) is 0 Å². The number of aliphatic carboxylic acids is 1. The van der Waals surface area contributed by atoms with Crippen LogP contribution in [0.2, 0.25) is 0 Å². The summed E-state index contributed by atoms with van der Waals surface area (Å²) in [5, 5.41) is 9.11. The minimum Gasteiger partial charge on any atom is -0.480 e. The molecule has 0 aliphatic carbocycles. The van der Waals surface area contributed by atoms with Crippen LogP contribution in [-0.4, -0.2) is 42.3 Å². The van der Waals surface area contributed by atoms with Crippen molar-refractivity contribution in [2.75, 3.05) is 6.54 Å². The molecule has 21 heavy (non-hydrogen) atoms. The van der Waals surface area contributed by atoms with Crippen LogP contribution in [0.15, 0.2) is 29.2 Å². The molecule has 2 rings (SSSR count). The predicted molar refractivity (Wildman–Crippen MR) is 65.9 cm³/mol. The van der Waals surface area contributed by atoms with Crippen molar-refractivity contribution in [1.82, 2.24) is 4.31 Å². The van der Waals surface area contributed by atoms with E-state index in [2.05, 4.69) is 0 Å². The van der Waals surface area contributed by atoms with Crippen LogP contribution in [0.4, 0.5) is 13.2 Å². The van der Waals surface area contributed by atoms with E-state index < -0.39 is 45.1 Å². The van der Waals surface area contributed by atoms with Crippen molar-refractivity contribution in [2.45, 2.75) is 29.7 Å². The van der Waals surface area contributed by atoms with Gasteiger partial charge in [0.05, 0.1) is 4.90 Å². The first kappa shape index (κ1) is 15.8. The summed E-state index contributed by atoms with van der Waals surface area (Å²) in [4.78, 5) is 10.8. The number of rotatable bonds is 4. The fourth-order valence-corrected chi connectivity index (χ4v) is 4.19. The number of alkyl halides is 2. The second kappa shape index (κ2) is 5.30. The Morgan fingerprint density at radius 2 is 1.86 bits per heavy atom. The lowest BCUT2D eigenvalue weighted by Gasteiger charge is -2.32. The molecule has 0 radical (unpaired) electrons. The topological polar surface area (TPSA) is 74.7 Å². The quantitative estimate of drug-likeness (QED) is 0.915. The van der Waals surface area contributed by atoms with E-state index in [0.29, 0.717) is 4.31 Å². The van der Waals surface area contributed by atoms with Gasteiger partial charge in [-0.1, -0.05) is 0 Å². The predicted octanol–water partition coefficient (Wildman–Crippen LogP) is 1.70. The van der Waals surface area contributed by atoms with Crippen molar-refractivity contribution in [3.8, 4) is 0 Å². The molecule has 1 aliphatic heterocycles. The zero-order valence-electron chi connectivity index (χ0n) is 10.7. The lowest BCUT2D eigenvalue weighted by Crippen LogP contribution is -2.57. The Kier molecular flexibility index (Phi) is 3.98. The SMILES string of the molecule is O=C(O)C1(C(F)F)CCCN1S(=O)(=O)c1ccc(F)cc1. The largest absolute Gasteiger partial charge is 0.480 e. The first-order valence-electron chi connectivity index (χ1n) is 6.03. The molecule has 0 aromatic heterocycles. The molecule has 1 aromatic rings. The molecule has 1 N–H and O–H groups in total. The monoisotopic (exact) mass is 323 g/mol. The van der Waals surface area contributed by atoms with Gasteiger partial charge in [-0.15, -0.1) is 0 Å². The van der Waals surface area contributed by atoms with Crippen molar-refractivity contribution in [2.24, 2.45) is 0 Å². The Morgan fingerprint density at radius 3 is 2.33 bits per heavy atom. The van der Waals surface area contributed by atoms with Crippen molar-refractivity contribution in [1.29, 1.82) is 0 Å². The summed E-state index contributed by atoms with van der Waals surface area (Å²) < 4.78 is 64.4. The molecule has 1 heterocycles. The molecule has 0 spiro atoms. The summed E-state index contributed by atoms with van der Waals surface area (Å²) in [5.74, 6) is -2.57. The minimum absolute atomic E-state index is 0.0110. The molecule has 0 saturated carbocycles. The molecule has 1 aliphatic rings. The Labute approximate surface area is 119 Å². The van der Waals surface area contributed by atoms with Crippen molar-refractivity contribution in [3.05, 3.63) is 30.1 Å². The van der Waals surface area contributed by atoms with Gasteiger partial charge in [-0.2, -0.15) is 4.31 Å². The Bertz CT molecular complexity index is 647. The number of hydrogen-bond donors (Lipinski definition) is 1. The van der Waals surface area contributed by atoms with Gasteiger partial charge in [0, 0.05) is 6.54 Å². The van der Waals surface area contributed by atoms with E-state index in [9.17, 15) is 26.4 Å². The molecule has 1 aromatic carbocycles. The number of carboxylic acids is 1.